The molecule has 0 spiro atoms. The van der Waals surface area contributed by atoms with Gasteiger partial charge < -0.3 is 9.53 Å². The Labute approximate surface area is 79.2 Å². The maximum absolute atomic E-state index is 11.3. The molecule has 1 rings (SSSR count). The van der Waals surface area contributed by atoms with Gasteiger partial charge in [-0.25, -0.2) is 0 Å². The van der Waals surface area contributed by atoms with E-state index in [1.165, 1.54) is 0 Å². The number of hydrogen-bond donors (Lipinski definition) is 0. The topological polar surface area (TPSA) is 43.4 Å². The van der Waals surface area contributed by atoms with Crippen LogP contribution in [0.4, 0.5) is 0 Å². The summed E-state index contributed by atoms with van der Waals surface area (Å²) >= 11 is 0. The number of carbonyl (C=O) groups is 1. The molecule has 0 amide bonds. The minimum absolute atomic E-state index is 0.0349. The van der Waals surface area contributed by atoms with E-state index < -0.39 is 10.8 Å². The predicted molar refractivity (Wildman–Crippen MR) is 50.3 cm³/mol. The molecule has 70 valence electrons. The van der Waals surface area contributed by atoms with Crippen molar-refractivity contribution in [1.29, 1.82) is 0 Å². The Morgan fingerprint density at radius 2 is 2.31 bits per heavy atom. The first-order valence-corrected chi connectivity index (χ1v) is 5.06. The van der Waals surface area contributed by atoms with E-state index in [0.717, 1.165) is 0 Å². The highest BCUT2D eigenvalue weighted by molar-refractivity contribution is 7.85. The fraction of sp³-hybridized carbons (Fsp3) is 0.222. The number of hydrogen-bond acceptors (Lipinski definition) is 3. The van der Waals surface area contributed by atoms with Crippen LogP contribution in [-0.4, -0.2) is 23.4 Å². The van der Waals surface area contributed by atoms with Crippen LogP contribution in [0.3, 0.4) is 0 Å². The van der Waals surface area contributed by atoms with Gasteiger partial charge in [-0.05, 0) is 18.2 Å². The summed E-state index contributed by atoms with van der Waals surface area (Å²) in [4.78, 5) is 10.7. The van der Waals surface area contributed by atoms with Gasteiger partial charge in [-0.3, -0.25) is 4.21 Å². The van der Waals surface area contributed by atoms with Gasteiger partial charge in [-0.1, -0.05) is 6.07 Å². The normalized spacial score (nSPS) is 12.1. The molecule has 1 aromatic rings. The molecule has 0 heterocycles. The second-order valence-corrected chi connectivity index (χ2v) is 3.85. The standard InChI is InChI=1S/C9H10O3S/c1-12-8-3-2-4-9(7-8)13(11)6-5-10/h2-5,7H,6H2,1H3. The predicted octanol–water partition coefficient (Wildman–Crippen LogP) is 1.00. The highest BCUT2D eigenvalue weighted by atomic mass is 32.2. The maximum Gasteiger partial charge on any atom is 0.132 e. The van der Waals surface area contributed by atoms with Crippen LogP contribution in [0.1, 0.15) is 0 Å². The molecule has 13 heavy (non-hydrogen) atoms. The minimum atomic E-state index is -1.24. The molecule has 0 radical (unpaired) electrons. The number of carbonyl (C=O) groups excluding carboxylic acids is 1. The molecular formula is C9H10O3S. The Balaban J connectivity index is 2.87. The quantitative estimate of drug-likeness (QED) is 0.678. The molecule has 1 unspecified atom stereocenters. The van der Waals surface area contributed by atoms with Crippen molar-refractivity contribution in [2.45, 2.75) is 4.90 Å². The molecule has 3 nitrogen and oxygen atoms in total. The Bertz CT molecular complexity index is 322. The van der Waals surface area contributed by atoms with Crippen LogP contribution in [0.5, 0.6) is 5.75 Å². The zero-order valence-corrected chi connectivity index (χ0v) is 8.04. The van der Waals surface area contributed by atoms with Gasteiger partial charge in [0.15, 0.2) is 0 Å². The zero-order chi connectivity index (χ0) is 9.68. The van der Waals surface area contributed by atoms with E-state index in [1.54, 1.807) is 31.4 Å². The molecule has 0 fully saturated rings. The van der Waals surface area contributed by atoms with Gasteiger partial charge in [0.25, 0.3) is 0 Å². The first-order chi connectivity index (χ1) is 6.27. The van der Waals surface area contributed by atoms with Crippen LogP contribution < -0.4 is 4.74 Å². The van der Waals surface area contributed by atoms with Crippen LogP contribution >= 0.6 is 0 Å². The lowest BCUT2D eigenvalue weighted by Gasteiger charge is -2.01. The van der Waals surface area contributed by atoms with Crippen molar-refractivity contribution in [2.75, 3.05) is 12.9 Å². The summed E-state index contributed by atoms with van der Waals surface area (Å²) in [5, 5.41) is 0. The van der Waals surface area contributed by atoms with E-state index in [1.807, 2.05) is 0 Å². The van der Waals surface area contributed by atoms with Crippen molar-refractivity contribution >= 4 is 17.1 Å². The fourth-order valence-electron chi connectivity index (χ4n) is 0.901. The van der Waals surface area contributed by atoms with Gasteiger partial charge in [-0.2, -0.15) is 0 Å². The first kappa shape index (κ1) is 9.92. The monoisotopic (exact) mass is 198 g/mol. The molecule has 0 saturated heterocycles. The van der Waals surface area contributed by atoms with E-state index in [0.29, 0.717) is 16.9 Å². The molecule has 0 bridgehead atoms. The summed E-state index contributed by atoms with van der Waals surface area (Å²) in [5.74, 6) is 0.685. The third kappa shape index (κ3) is 2.66. The highest BCUT2D eigenvalue weighted by Crippen LogP contribution is 2.15. The lowest BCUT2D eigenvalue weighted by atomic mass is 10.3. The summed E-state index contributed by atoms with van der Waals surface area (Å²) in [6.45, 7) is 0. The van der Waals surface area contributed by atoms with E-state index in [9.17, 15) is 9.00 Å². The van der Waals surface area contributed by atoms with Crippen molar-refractivity contribution in [2.24, 2.45) is 0 Å². The first-order valence-electron chi connectivity index (χ1n) is 3.74. The average molecular weight is 198 g/mol. The fourth-order valence-corrected chi connectivity index (χ4v) is 1.69. The second kappa shape index (κ2) is 4.77. The Morgan fingerprint density at radius 1 is 1.54 bits per heavy atom. The van der Waals surface area contributed by atoms with E-state index >= 15 is 0 Å². The van der Waals surface area contributed by atoms with E-state index in [2.05, 4.69) is 0 Å². The SMILES string of the molecule is COc1cccc(S(=O)CC=O)c1. The number of benzene rings is 1. The van der Waals surface area contributed by atoms with E-state index in [4.69, 9.17) is 4.74 Å². The molecule has 0 aliphatic heterocycles. The van der Waals surface area contributed by atoms with Crippen LogP contribution in [-0.2, 0) is 15.6 Å². The third-order valence-corrected chi connectivity index (χ3v) is 2.74. The van der Waals surface area contributed by atoms with Gasteiger partial charge in [-0.15, -0.1) is 0 Å². The van der Waals surface area contributed by atoms with Crippen LogP contribution in [0.25, 0.3) is 0 Å². The minimum Gasteiger partial charge on any atom is -0.497 e. The smallest absolute Gasteiger partial charge is 0.132 e. The van der Waals surface area contributed by atoms with Crippen molar-refractivity contribution < 1.29 is 13.7 Å². The second-order valence-electron chi connectivity index (χ2n) is 2.36. The number of aldehydes is 1. The lowest BCUT2D eigenvalue weighted by molar-refractivity contribution is -0.105. The molecule has 0 aliphatic carbocycles. The van der Waals surface area contributed by atoms with Crippen LogP contribution in [0, 0.1) is 0 Å². The Kier molecular flexibility index (Phi) is 3.64. The summed E-state index contributed by atoms with van der Waals surface area (Å²) in [7, 11) is 0.300. The molecule has 0 saturated carbocycles. The highest BCUT2D eigenvalue weighted by Gasteiger charge is 2.03. The van der Waals surface area contributed by atoms with Crippen molar-refractivity contribution in [3.8, 4) is 5.75 Å². The van der Waals surface area contributed by atoms with Crippen LogP contribution in [0.2, 0.25) is 0 Å². The van der Waals surface area contributed by atoms with Gasteiger partial charge in [0.1, 0.15) is 12.0 Å². The van der Waals surface area contributed by atoms with Crippen molar-refractivity contribution in [1.82, 2.24) is 0 Å². The maximum atomic E-state index is 11.3. The lowest BCUT2D eigenvalue weighted by Crippen LogP contribution is -1.98. The van der Waals surface area contributed by atoms with Crippen LogP contribution in [0.15, 0.2) is 29.2 Å². The zero-order valence-electron chi connectivity index (χ0n) is 7.23. The molecule has 0 aliphatic rings. The molecule has 1 aromatic carbocycles. The number of rotatable bonds is 4. The van der Waals surface area contributed by atoms with Crippen molar-refractivity contribution in [3.63, 3.8) is 0 Å². The van der Waals surface area contributed by atoms with E-state index in [-0.39, 0.29) is 5.75 Å². The summed E-state index contributed by atoms with van der Waals surface area (Å²) < 4.78 is 16.3. The Hall–Kier alpha value is -1.16. The van der Waals surface area contributed by atoms with Gasteiger partial charge in [0, 0.05) is 4.90 Å². The molecule has 1 atom stereocenters. The summed E-state index contributed by atoms with van der Waals surface area (Å²) in [6.07, 6.45) is 0.648. The molecule has 4 heteroatoms. The summed E-state index contributed by atoms with van der Waals surface area (Å²) in [6, 6.07) is 6.89. The molecule has 0 N–H and O–H groups in total. The molecule has 0 aromatic heterocycles. The van der Waals surface area contributed by atoms with Gasteiger partial charge in [0.05, 0.1) is 23.7 Å². The molecular weight excluding hydrogens is 188 g/mol. The van der Waals surface area contributed by atoms with Crippen molar-refractivity contribution in [3.05, 3.63) is 24.3 Å². The summed E-state index contributed by atoms with van der Waals surface area (Å²) in [5.41, 5.74) is 0. The Morgan fingerprint density at radius 3 is 2.92 bits per heavy atom. The van der Waals surface area contributed by atoms with Gasteiger partial charge >= 0.3 is 0 Å². The van der Waals surface area contributed by atoms with Gasteiger partial charge in [0.2, 0.25) is 0 Å². The number of ether oxygens (including phenoxy) is 1. The largest absolute Gasteiger partial charge is 0.497 e. The third-order valence-electron chi connectivity index (χ3n) is 1.52. The number of methoxy groups -OCH3 is 1. The average Bonchev–Trinajstić information content (AvgIpc) is 2.18.